The second-order valence-corrected chi connectivity index (χ2v) is 10.0. The number of carbonyl (C=O) groups excluding carboxylic acids is 2. The molecule has 9 heteroatoms. The number of aliphatic carboxylic acids is 1. The Morgan fingerprint density at radius 2 is 1.18 bits per heavy atom. The molecule has 0 unspecified atom stereocenters. The van der Waals surface area contributed by atoms with Gasteiger partial charge in [-0.05, 0) is 99.9 Å². The average Bonchev–Trinajstić information content (AvgIpc) is 2.93. The summed E-state index contributed by atoms with van der Waals surface area (Å²) < 4.78 is 24.9. The number of rotatable bonds is 10. The maximum atomic E-state index is 13.0. The third-order valence-electron chi connectivity index (χ3n) is 7.31. The summed E-state index contributed by atoms with van der Waals surface area (Å²) in [7, 11) is 0. The van der Waals surface area contributed by atoms with Crippen molar-refractivity contribution in [3.05, 3.63) is 59.9 Å². The number of carboxylic acids is 1. The first kappa shape index (κ1) is 27.4. The number of hydrogen-bond acceptors (Lipinski definition) is 5. The minimum absolute atomic E-state index is 0.00809. The summed E-state index contributed by atoms with van der Waals surface area (Å²) in [6, 6.07) is 12.8. The van der Waals surface area contributed by atoms with Crippen LogP contribution >= 0.6 is 0 Å². The molecule has 38 heavy (non-hydrogen) atoms. The number of benzene rings is 2. The molecule has 0 saturated heterocycles. The molecule has 2 saturated carbocycles. The molecule has 0 bridgehead atoms. The van der Waals surface area contributed by atoms with Gasteiger partial charge in [0.05, 0.1) is 18.1 Å². The summed E-state index contributed by atoms with van der Waals surface area (Å²) in [6.45, 7) is 0.662. The Balaban J connectivity index is 1.10. The smallest absolute Gasteiger partial charge is 0.306 e. The second-order valence-electron chi connectivity index (χ2n) is 10.0. The van der Waals surface area contributed by atoms with Crippen molar-refractivity contribution in [2.75, 3.05) is 13.1 Å². The summed E-state index contributed by atoms with van der Waals surface area (Å²) in [5.74, 6) is -0.353. The van der Waals surface area contributed by atoms with Crippen LogP contribution < -0.4 is 20.1 Å². The van der Waals surface area contributed by atoms with E-state index in [9.17, 15) is 18.8 Å². The standard InChI is InChI=1S/C29H35FN2O6/c30-22-7-15-26(16-8-22)38-24-11-3-20(4-12-24)28(34)32-18-17-31-27(33)19-1-9-23(10-2-19)37-25-13-5-21(6-14-25)29(35)36/h1-2,7-10,15-16,20-21,24-25H,3-6,11-14,17-18H2,(H,31,33)(H,32,34)(H,35,36)/t20-,21-,24-,25+. The Hall–Kier alpha value is -3.62. The Labute approximate surface area is 221 Å². The maximum absolute atomic E-state index is 13.0. The highest BCUT2D eigenvalue weighted by Crippen LogP contribution is 2.29. The van der Waals surface area contributed by atoms with Crippen molar-refractivity contribution in [2.24, 2.45) is 11.8 Å². The van der Waals surface area contributed by atoms with E-state index >= 15 is 0 Å². The topological polar surface area (TPSA) is 114 Å². The number of halogens is 1. The lowest BCUT2D eigenvalue weighted by molar-refractivity contribution is -0.143. The second kappa shape index (κ2) is 13.3. The first-order chi connectivity index (χ1) is 18.4. The highest BCUT2D eigenvalue weighted by Gasteiger charge is 2.28. The fourth-order valence-corrected chi connectivity index (χ4v) is 5.06. The van der Waals surface area contributed by atoms with E-state index in [0.717, 1.165) is 25.7 Å². The molecular formula is C29H35FN2O6. The van der Waals surface area contributed by atoms with E-state index in [-0.39, 0.29) is 41.7 Å². The predicted octanol–water partition coefficient (Wildman–Crippen LogP) is 4.33. The third kappa shape index (κ3) is 7.94. The average molecular weight is 527 g/mol. The van der Waals surface area contributed by atoms with Crippen molar-refractivity contribution in [1.29, 1.82) is 0 Å². The van der Waals surface area contributed by atoms with E-state index in [1.54, 1.807) is 36.4 Å². The van der Waals surface area contributed by atoms with Crippen LogP contribution in [0.2, 0.25) is 0 Å². The van der Waals surface area contributed by atoms with Crippen LogP contribution in [0.4, 0.5) is 4.39 Å². The van der Waals surface area contributed by atoms with E-state index in [4.69, 9.17) is 14.6 Å². The molecule has 8 nitrogen and oxygen atoms in total. The first-order valence-corrected chi connectivity index (χ1v) is 13.3. The molecule has 0 radical (unpaired) electrons. The molecule has 2 aromatic carbocycles. The zero-order valence-electron chi connectivity index (χ0n) is 21.4. The van der Waals surface area contributed by atoms with Gasteiger partial charge in [0.25, 0.3) is 5.91 Å². The SMILES string of the molecule is O=C(NCCNC(=O)[C@H]1CC[C@H](Oc2ccc(F)cc2)CC1)c1ccc(O[C@H]2CC[C@@H](C(=O)O)CC2)cc1. The lowest BCUT2D eigenvalue weighted by Gasteiger charge is -2.28. The predicted molar refractivity (Wildman–Crippen MR) is 139 cm³/mol. The van der Waals surface area contributed by atoms with Crippen LogP contribution in [0.15, 0.2) is 48.5 Å². The van der Waals surface area contributed by atoms with Gasteiger partial charge in [0.15, 0.2) is 0 Å². The fourth-order valence-electron chi connectivity index (χ4n) is 5.06. The minimum Gasteiger partial charge on any atom is -0.490 e. The van der Waals surface area contributed by atoms with Gasteiger partial charge >= 0.3 is 5.97 Å². The first-order valence-electron chi connectivity index (χ1n) is 13.3. The Morgan fingerprint density at radius 1 is 0.711 bits per heavy atom. The Bertz CT molecular complexity index is 1080. The number of carboxylic acid groups (broad SMARTS) is 1. The summed E-state index contributed by atoms with van der Waals surface area (Å²) in [5.41, 5.74) is 0.498. The van der Waals surface area contributed by atoms with E-state index in [2.05, 4.69) is 10.6 Å². The molecule has 2 aliphatic carbocycles. The largest absolute Gasteiger partial charge is 0.490 e. The van der Waals surface area contributed by atoms with Crippen molar-refractivity contribution >= 4 is 17.8 Å². The van der Waals surface area contributed by atoms with Gasteiger partial charge in [-0.15, -0.1) is 0 Å². The Kier molecular flexibility index (Phi) is 9.56. The lowest BCUT2D eigenvalue weighted by atomic mass is 9.86. The van der Waals surface area contributed by atoms with Crippen molar-refractivity contribution in [2.45, 2.75) is 63.6 Å². The van der Waals surface area contributed by atoms with Gasteiger partial charge < -0.3 is 25.2 Å². The molecule has 0 aliphatic heterocycles. The molecule has 0 spiro atoms. The van der Waals surface area contributed by atoms with Crippen molar-refractivity contribution in [3.8, 4) is 11.5 Å². The molecule has 0 aromatic heterocycles. The van der Waals surface area contributed by atoms with Crippen LogP contribution in [0.1, 0.15) is 61.7 Å². The van der Waals surface area contributed by atoms with Crippen molar-refractivity contribution < 1.29 is 33.4 Å². The van der Waals surface area contributed by atoms with E-state index < -0.39 is 5.97 Å². The molecule has 2 aromatic rings. The number of carbonyl (C=O) groups is 3. The summed E-state index contributed by atoms with van der Waals surface area (Å²) in [5, 5.41) is 14.8. The molecule has 0 atom stereocenters. The molecule has 4 rings (SSSR count). The summed E-state index contributed by atoms with van der Waals surface area (Å²) in [4.78, 5) is 36.0. The van der Waals surface area contributed by atoms with Gasteiger partial charge in [-0.2, -0.15) is 0 Å². The van der Waals surface area contributed by atoms with Crippen LogP contribution in [-0.2, 0) is 9.59 Å². The molecule has 204 valence electrons. The van der Waals surface area contributed by atoms with Crippen LogP contribution in [0, 0.1) is 17.7 Å². The summed E-state index contributed by atoms with van der Waals surface area (Å²) >= 11 is 0. The van der Waals surface area contributed by atoms with Crippen molar-refractivity contribution in [1.82, 2.24) is 10.6 Å². The van der Waals surface area contributed by atoms with Gasteiger partial charge in [0.2, 0.25) is 5.91 Å². The van der Waals surface area contributed by atoms with E-state index in [1.165, 1.54) is 12.1 Å². The van der Waals surface area contributed by atoms with Gasteiger partial charge in [-0.1, -0.05) is 0 Å². The van der Waals surface area contributed by atoms with E-state index in [0.29, 0.717) is 55.8 Å². The monoisotopic (exact) mass is 526 g/mol. The zero-order chi connectivity index (χ0) is 26.9. The van der Waals surface area contributed by atoms with Crippen LogP contribution in [-0.4, -0.2) is 48.2 Å². The summed E-state index contributed by atoms with van der Waals surface area (Å²) in [6.07, 6.45) is 5.61. The van der Waals surface area contributed by atoms with Crippen LogP contribution in [0.25, 0.3) is 0 Å². The van der Waals surface area contributed by atoms with Gasteiger partial charge in [-0.3, -0.25) is 14.4 Å². The fraction of sp³-hybridized carbons (Fsp3) is 0.483. The van der Waals surface area contributed by atoms with Gasteiger partial charge in [0, 0.05) is 24.6 Å². The highest BCUT2D eigenvalue weighted by atomic mass is 19.1. The zero-order valence-corrected chi connectivity index (χ0v) is 21.4. The number of amides is 2. The number of nitrogens with one attached hydrogen (secondary N) is 2. The Morgan fingerprint density at radius 3 is 1.71 bits per heavy atom. The van der Waals surface area contributed by atoms with Gasteiger partial charge in [-0.25, -0.2) is 4.39 Å². The highest BCUT2D eigenvalue weighted by molar-refractivity contribution is 5.94. The maximum Gasteiger partial charge on any atom is 0.306 e. The van der Waals surface area contributed by atoms with Crippen LogP contribution in [0.5, 0.6) is 11.5 Å². The van der Waals surface area contributed by atoms with Crippen LogP contribution in [0.3, 0.4) is 0 Å². The van der Waals surface area contributed by atoms with Gasteiger partial charge in [0.1, 0.15) is 17.3 Å². The number of ether oxygens (including phenoxy) is 2. The lowest BCUT2D eigenvalue weighted by Crippen LogP contribution is -2.39. The third-order valence-corrected chi connectivity index (χ3v) is 7.31. The molecular weight excluding hydrogens is 491 g/mol. The quantitative estimate of drug-likeness (QED) is 0.397. The normalized spacial score (nSPS) is 23.2. The molecule has 3 N–H and O–H groups in total. The van der Waals surface area contributed by atoms with E-state index in [1.807, 2.05) is 0 Å². The molecule has 2 amide bonds. The minimum atomic E-state index is -0.740. The molecule has 0 heterocycles. The molecule has 2 aliphatic rings. The molecule has 2 fully saturated rings. The number of hydrogen-bond donors (Lipinski definition) is 3. The van der Waals surface area contributed by atoms with Crippen molar-refractivity contribution in [3.63, 3.8) is 0 Å².